The second-order valence-corrected chi connectivity index (χ2v) is 6.77. The molecule has 2 rings (SSSR count). The SMILES string of the molecule is O=C(NC(=S)NNC(=O)c1ccc(Cl)cc1Cl)c1cc(Cl)cc(Cl)c1. The minimum atomic E-state index is -0.552. The largest absolute Gasteiger partial charge is 0.298 e. The van der Waals surface area contributed by atoms with Crippen LogP contribution in [0.15, 0.2) is 36.4 Å². The Morgan fingerprint density at radius 1 is 0.800 bits per heavy atom. The topological polar surface area (TPSA) is 70.2 Å². The molecule has 0 spiro atoms. The fourth-order valence-electron chi connectivity index (χ4n) is 1.75. The van der Waals surface area contributed by atoms with Gasteiger partial charge in [0.25, 0.3) is 11.8 Å². The maximum Gasteiger partial charge on any atom is 0.271 e. The number of benzene rings is 2. The third kappa shape index (κ3) is 5.73. The van der Waals surface area contributed by atoms with E-state index in [1.807, 2.05) is 0 Å². The summed E-state index contributed by atoms with van der Waals surface area (Å²) in [5.74, 6) is -1.09. The molecule has 10 heteroatoms. The first-order chi connectivity index (χ1) is 11.8. The third-order valence-electron chi connectivity index (χ3n) is 2.82. The van der Waals surface area contributed by atoms with Crippen LogP contribution in [-0.2, 0) is 0 Å². The molecule has 2 amide bonds. The molecule has 0 aliphatic heterocycles. The number of thiocarbonyl (C=S) groups is 1. The Hall–Kier alpha value is -1.57. The average molecular weight is 437 g/mol. The minimum Gasteiger partial charge on any atom is -0.298 e. The lowest BCUT2D eigenvalue weighted by atomic mass is 10.2. The summed E-state index contributed by atoms with van der Waals surface area (Å²) in [6, 6.07) is 8.76. The van der Waals surface area contributed by atoms with Crippen LogP contribution in [-0.4, -0.2) is 16.9 Å². The molecule has 0 fully saturated rings. The third-order valence-corrected chi connectivity index (χ3v) is 4.01. The Kier molecular flexibility index (Phi) is 6.87. The zero-order chi connectivity index (χ0) is 18.6. The van der Waals surface area contributed by atoms with Gasteiger partial charge in [-0.05, 0) is 48.6 Å². The summed E-state index contributed by atoms with van der Waals surface area (Å²) >= 11 is 28.3. The molecular formula is C15H9Cl4N3O2S. The predicted molar refractivity (Wildman–Crippen MR) is 104 cm³/mol. The van der Waals surface area contributed by atoms with Gasteiger partial charge in [-0.1, -0.05) is 46.4 Å². The van der Waals surface area contributed by atoms with E-state index in [9.17, 15) is 9.59 Å². The molecule has 0 unspecified atom stereocenters. The van der Waals surface area contributed by atoms with Crippen LogP contribution in [0.4, 0.5) is 0 Å². The zero-order valence-corrected chi connectivity index (χ0v) is 16.0. The molecule has 0 saturated carbocycles. The van der Waals surface area contributed by atoms with Crippen LogP contribution < -0.4 is 16.2 Å². The molecule has 0 atom stereocenters. The van der Waals surface area contributed by atoms with Crippen LogP contribution in [0.1, 0.15) is 20.7 Å². The van der Waals surface area contributed by atoms with Gasteiger partial charge in [-0.3, -0.25) is 25.8 Å². The fourth-order valence-corrected chi connectivity index (χ4v) is 2.91. The van der Waals surface area contributed by atoms with Crippen LogP contribution in [0.2, 0.25) is 20.1 Å². The second kappa shape index (κ2) is 8.69. The summed E-state index contributed by atoms with van der Waals surface area (Å²) in [5, 5.41) is 3.44. The van der Waals surface area contributed by atoms with Gasteiger partial charge in [-0.25, -0.2) is 0 Å². The normalized spacial score (nSPS) is 10.1. The summed E-state index contributed by atoms with van der Waals surface area (Å²) in [5.41, 5.74) is 5.11. The average Bonchev–Trinajstić information content (AvgIpc) is 2.51. The van der Waals surface area contributed by atoms with E-state index >= 15 is 0 Å². The molecule has 2 aromatic rings. The minimum absolute atomic E-state index is 0.125. The number of rotatable bonds is 2. The molecule has 3 N–H and O–H groups in total. The Bertz CT molecular complexity index is 840. The highest BCUT2D eigenvalue weighted by molar-refractivity contribution is 7.80. The van der Waals surface area contributed by atoms with E-state index < -0.39 is 11.8 Å². The van der Waals surface area contributed by atoms with Gasteiger partial charge in [0.15, 0.2) is 5.11 Å². The van der Waals surface area contributed by atoms with E-state index in [4.69, 9.17) is 58.6 Å². The van der Waals surface area contributed by atoms with Crippen molar-refractivity contribution in [3.8, 4) is 0 Å². The van der Waals surface area contributed by atoms with Crippen molar-refractivity contribution in [1.29, 1.82) is 0 Å². The number of nitrogens with one attached hydrogen (secondary N) is 3. The molecule has 0 saturated heterocycles. The summed E-state index contributed by atoms with van der Waals surface area (Å²) in [7, 11) is 0. The highest BCUT2D eigenvalue weighted by Crippen LogP contribution is 2.21. The second-order valence-electron chi connectivity index (χ2n) is 4.64. The van der Waals surface area contributed by atoms with Gasteiger partial charge >= 0.3 is 0 Å². The summed E-state index contributed by atoms with van der Waals surface area (Å²) in [6.07, 6.45) is 0. The number of amides is 2. The van der Waals surface area contributed by atoms with Crippen molar-refractivity contribution in [2.75, 3.05) is 0 Å². The van der Waals surface area contributed by atoms with Crippen molar-refractivity contribution >= 4 is 75.5 Å². The first kappa shape index (κ1) is 19.8. The van der Waals surface area contributed by atoms with Crippen LogP contribution in [0.5, 0.6) is 0 Å². The number of hydrazine groups is 1. The molecule has 130 valence electrons. The Balaban J connectivity index is 1.93. The standard InChI is InChI=1S/C15H9Cl4N3O2S/c16-8-1-2-11(12(19)6-8)14(24)21-22-15(25)20-13(23)7-3-9(17)5-10(18)4-7/h1-6H,(H,21,24)(H2,20,22,23,25). The number of carbonyl (C=O) groups is 2. The van der Waals surface area contributed by atoms with Crippen molar-refractivity contribution in [1.82, 2.24) is 16.2 Å². The van der Waals surface area contributed by atoms with Crippen molar-refractivity contribution in [2.45, 2.75) is 0 Å². The molecule has 0 radical (unpaired) electrons. The maximum atomic E-state index is 12.1. The van der Waals surface area contributed by atoms with Gasteiger partial charge in [0.05, 0.1) is 10.6 Å². The number of halogens is 4. The van der Waals surface area contributed by atoms with Crippen LogP contribution in [0.25, 0.3) is 0 Å². The summed E-state index contributed by atoms with van der Waals surface area (Å²) < 4.78 is 0. The lowest BCUT2D eigenvalue weighted by Gasteiger charge is -2.12. The van der Waals surface area contributed by atoms with Gasteiger partial charge < -0.3 is 0 Å². The molecule has 2 aromatic carbocycles. The van der Waals surface area contributed by atoms with E-state index in [1.54, 1.807) is 0 Å². The van der Waals surface area contributed by atoms with Crippen LogP contribution >= 0.6 is 58.6 Å². The van der Waals surface area contributed by atoms with E-state index in [0.717, 1.165) is 0 Å². The van der Waals surface area contributed by atoms with Gasteiger partial charge in [-0.2, -0.15) is 0 Å². The first-order valence-electron chi connectivity index (χ1n) is 6.59. The van der Waals surface area contributed by atoms with Crippen LogP contribution in [0.3, 0.4) is 0 Å². The smallest absolute Gasteiger partial charge is 0.271 e. The summed E-state index contributed by atoms with van der Waals surface area (Å²) in [6.45, 7) is 0. The molecule has 0 aliphatic rings. The van der Waals surface area contributed by atoms with Gasteiger partial charge in [0.2, 0.25) is 0 Å². The quantitative estimate of drug-likeness (QED) is 0.486. The lowest BCUT2D eigenvalue weighted by Crippen LogP contribution is -2.48. The van der Waals surface area contributed by atoms with Crippen molar-refractivity contribution in [3.05, 3.63) is 67.6 Å². The highest BCUT2D eigenvalue weighted by atomic mass is 35.5. The number of carbonyl (C=O) groups excluding carboxylic acids is 2. The molecule has 5 nitrogen and oxygen atoms in total. The number of hydrogen-bond acceptors (Lipinski definition) is 3. The van der Waals surface area contributed by atoms with E-state index in [2.05, 4.69) is 16.2 Å². The van der Waals surface area contributed by atoms with Gasteiger partial charge in [-0.15, -0.1) is 0 Å². The van der Waals surface area contributed by atoms with E-state index in [0.29, 0.717) is 15.1 Å². The molecule has 0 aliphatic carbocycles. The molecule has 0 aromatic heterocycles. The van der Waals surface area contributed by atoms with Gasteiger partial charge in [0, 0.05) is 20.6 Å². The molecular weight excluding hydrogens is 428 g/mol. The highest BCUT2D eigenvalue weighted by Gasteiger charge is 2.13. The van der Waals surface area contributed by atoms with Crippen LogP contribution in [0, 0.1) is 0 Å². The van der Waals surface area contributed by atoms with Crippen molar-refractivity contribution < 1.29 is 9.59 Å². The number of hydrogen-bond donors (Lipinski definition) is 3. The van der Waals surface area contributed by atoms with Crippen molar-refractivity contribution in [2.24, 2.45) is 0 Å². The monoisotopic (exact) mass is 435 g/mol. The molecule has 0 bridgehead atoms. The Labute approximate surface area is 168 Å². The van der Waals surface area contributed by atoms with Gasteiger partial charge in [0.1, 0.15) is 0 Å². The predicted octanol–water partition coefficient (Wildman–Crippen LogP) is 4.25. The molecule has 0 heterocycles. The van der Waals surface area contributed by atoms with E-state index in [-0.39, 0.29) is 21.3 Å². The maximum absolute atomic E-state index is 12.1. The Morgan fingerprint density at radius 3 is 2.04 bits per heavy atom. The fraction of sp³-hybridized carbons (Fsp3) is 0. The Morgan fingerprint density at radius 2 is 1.44 bits per heavy atom. The van der Waals surface area contributed by atoms with Crippen molar-refractivity contribution in [3.63, 3.8) is 0 Å². The zero-order valence-electron chi connectivity index (χ0n) is 12.2. The molecule has 25 heavy (non-hydrogen) atoms. The lowest BCUT2D eigenvalue weighted by molar-refractivity contribution is 0.0934. The first-order valence-corrected chi connectivity index (χ1v) is 8.51. The van der Waals surface area contributed by atoms with E-state index in [1.165, 1.54) is 36.4 Å². The summed E-state index contributed by atoms with van der Waals surface area (Å²) in [4.78, 5) is 24.1.